The summed E-state index contributed by atoms with van der Waals surface area (Å²) in [5.74, 6) is -0.946. The maximum atomic E-state index is 11.8. The molecule has 0 spiro atoms. The third-order valence-corrected chi connectivity index (χ3v) is 2.61. The van der Waals surface area contributed by atoms with Gasteiger partial charge >= 0.3 is 12.1 Å². The third kappa shape index (κ3) is 4.60. The summed E-state index contributed by atoms with van der Waals surface area (Å²) in [6.45, 7) is 9.23. The lowest BCUT2D eigenvalue weighted by atomic mass is 10.0. The number of H-pyrrole nitrogens is 1. The Morgan fingerprint density at radius 1 is 1.30 bits per heavy atom. The van der Waals surface area contributed by atoms with E-state index in [4.69, 9.17) is 9.84 Å². The molecule has 6 nitrogen and oxygen atoms in total. The maximum absolute atomic E-state index is 11.8. The zero-order chi connectivity index (χ0) is 15.5. The van der Waals surface area contributed by atoms with Gasteiger partial charge in [0.05, 0.1) is 6.04 Å². The highest BCUT2D eigenvalue weighted by Gasteiger charge is 2.24. The number of amides is 1. The number of carbonyl (C=O) groups excluding carboxylic acids is 1. The molecule has 0 saturated heterocycles. The van der Waals surface area contributed by atoms with Crippen molar-refractivity contribution >= 4 is 12.1 Å². The molecule has 1 amide bonds. The fourth-order valence-corrected chi connectivity index (χ4v) is 1.76. The molecule has 0 aliphatic carbocycles. The number of hydrogen-bond donors (Lipinski definition) is 3. The largest absolute Gasteiger partial charge is 0.477 e. The van der Waals surface area contributed by atoms with E-state index in [-0.39, 0.29) is 17.7 Å². The minimum atomic E-state index is -1.03. The van der Waals surface area contributed by atoms with Crippen LogP contribution in [0.5, 0.6) is 0 Å². The number of hydrogen-bond acceptors (Lipinski definition) is 3. The molecule has 0 aliphatic rings. The van der Waals surface area contributed by atoms with Gasteiger partial charge < -0.3 is 20.1 Å². The van der Waals surface area contributed by atoms with Crippen LogP contribution in [0.15, 0.2) is 12.1 Å². The number of rotatable bonds is 4. The van der Waals surface area contributed by atoms with Gasteiger partial charge in [-0.2, -0.15) is 0 Å². The number of carboxylic acid groups (broad SMARTS) is 1. The summed E-state index contributed by atoms with van der Waals surface area (Å²) in [6.07, 6.45) is -0.525. The summed E-state index contributed by atoms with van der Waals surface area (Å²) >= 11 is 0. The SMILES string of the molecule is CC(C)[C@H](NC(=O)OC(C)(C)C)c1ccc(C(=O)O)[nH]1. The molecule has 3 N–H and O–H groups in total. The summed E-state index contributed by atoms with van der Waals surface area (Å²) in [6, 6.07) is 2.80. The molecule has 0 aliphatic heterocycles. The monoisotopic (exact) mass is 282 g/mol. The average molecular weight is 282 g/mol. The molecule has 1 rings (SSSR count). The van der Waals surface area contributed by atoms with Gasteiger partial charge in [0.1, 0.15) is 11.3 Å². The molecule has 1 atom stereocenters. The zero-order valence-corrected chi connectivity index (χ0v) is 12.5. The molecule has 0 aromatic carbocycles. The van der Waals surface area contributed by atoms with Crippen LogP contribution in [-0.4, -0.2) is 27.8 Å². The lowest BCUT2D eigenvalue weighted by molar-refractivity contribution is 0.0488. The Bertz CT molecular complexity index is 486. The van der Waals surface area contributed by atoms with Crippen molar-refractivity contribution in [2.24, 2.45) is 5.92 Å². The van der Waals surface area contributed by atoms with Crippen molar-refractivity contribution < 1.29 is 19.4 Å². The van der Waals surface area contributed by atoms with E-state index < -0.39 is 17.7 Å². The Labute approximate surface area is 118 Å². The van der Waals surface area contributed by atoms with Crippen LogP contribution >= 0.6 is 0 Å². The standard InChI is InChI=1S/C14H22N2O4/c1-8(2)11(16-13(19)20-14(3,4)5)9-6-7-10(15-9)12(17)18/h6-8,11,15H,1-5H3,(H,16,19)(H,17,18)/t11-/m0/s1. The molecule has 0 bridgehead atoms. The number of aromatic nitrogens is 1. The van der Waals surface area contributed by atoms with Crippen molar-refractivity contribution in [1.29, 1.82) is 0 Å². The fourth-order valence-electron chi connectivity index (χ4n) is 1.76. The Kier molecular flexibility index (Phi) is 4.81. The van der Waals surface area contributed by atoms with E-state index in [1.165, 1.54) is 6.07 Å². The first-order chi connectivity index (χ1) is 9.10. The van der Waals surface area contributed by atoms with Gasteiger partial charge in [0.25, 0.3) is 0 Å². The molecule has 1 aromatic rings. The van der Waals surface area contributed by atoms with Crippen molar-refractivity contribution in [3.05, 3.63) is 23.5 Å². The number of carbonyl (C=O) groups is 2. The minimum Gasteiger partial charge on any atom is -0.477 e. The summed E-state index contributed by atoms with van der Waals surface area (Å²) in [5, 5.41) is 11.7. The van der Waals surface area contributed by atoms with Crippen molar-refractivity contribution in [2.45, 2.75) is 46.3 Å². The second-order valence-electron chi connectivity index (χ2n) is 6.00. The van der Waals surface area contributed by atoms with E-state index in [0.717, 1.165) is 0 Å². The van der Waals surface area contributed by atoms with E-state index >= 15 is 0 Å². The molecule has 1 heterocycles. The highest BCUT2D eigenvalue weighted by atomic mass is 16.6. The Balaban J connectivity index is 2.84. The molecule has 0 fully saturated rings. The van der Waals surface area contributed by atoms with E-state index in [1.54, 1.807) is 26.8 Å². The molecule has 0 unspecified atom stereocenters. The van der Waals surface area contributed by atoms with Crippen molar-refractivity contribution in [3.63, 3.8) is 0 Å². The van der Waals surface area contributed by atoms with Gasteiger partial charge in [-0.3, -0.25) is 0 Å². The van der Waals surface area contributed by atoms with Gasteiger partial charge in [0.2, 0.25) is 0 Å². The van der Waals surface area contributed by atoms with E-state index in [2.05, 4.69) is 10.3 Å². The Morgan fingerprint density at radius 3 is 2.30 bits per heavy atom. The maximum Gasteiger partial charge on any atom is 0.408 e. The molecule has 6 heteroatoms. The normalized spacial score (nSPS) is 13.1. The molecule has 0 saturated carbocycles. The average Bonchev–Trinajstić information content (AvgIpc) is 2.71. The van der Waals surface area contributed by atoms with Gasteiger partial charge in [-0.25, -0.2) is 9.59 Å². The lowest BCUT2D eigenvalue weighted by Gasteiger charge is -2.25. The summed E-state index contributed by atoms with van der Waals surface area (Å²) < 4.78 is 5.21. The number of ether oxygens (including phenoxy) is 1. The van der Waals surface area contributed by atoms with Crippen LogP contribution in [0.4, 0.5) is 4.79 Å². The second kappa shape index (κ2) is 5.98. The van der Waals surface area contributed by atoms with Gasteiger partial charge in [-0.1, -0.05) is 13.8 Å². The van der Waals surface area contributed by atoms with Gasteiger partial charge in [-0.15, -0.1) is 0 Å². The number of aromatic amines is 1. The van der Waals surface area contributed by atoms with E-state index in [0.29, 0.717) is 5.69 Å². The third-order valence-electron chi connectivity index (χ3n) is 2.61. The highest BCUT2D eigenvalue weighted by Crippen LogP contribution is 2.22. The predicted molar refractivity (Wildman–Crippen MR) is 74.7 cm³/mol. The van der Waals surface area contributed by atoms with Crippen molar-refractivity contribution in [1.82, 2.24) is 10.3 Å². The van der Waals surface area contributed by atoms with E-state index in [1.807, 2.05) is 13.8 Å². The van der Waals surface area contributed by atoms with Crippen LogP contribution in [0.2, 0.25) is 0 Å². The Morgan fingerprint density at radius 2 is 1.90 bits per heavy atom. The quantitative estimate of drug-likeness (QED) is 0.791. The topological polar surface area (TPSA) is 91.4 Å². The van der Waals surface area contributed by atoms with Crippen LogP contribution < -0.4 is 5.32 Å². The number of carboxylic acids is 1. The Hall–Kier alpha value is -1.98. The number of aromatic carboxylic acids is 1. The van der Waals surface area contributed by atoms with Crippen molar-refractivity contribution in [2.75, 3.05) is 0 Å². The molecular formula is C14H22N2O4. The fraction of sp³-hybridized carbons (Fsp3) is 0.571. The minimum absolute atomic E-state index is 0.0859. The molecule has 0 radical (unpaired) electrons. The van der Waals surface area contributed by atoms with Crippen LogP contribution in [-0.2, 0) is 4.74 Å². The molecule has 1 aromatic heterocycles. The van der Waals surface area contributed by atoms with E-state index in [9.17, 15) is 9.59 Å². The van der Waals surface area contributed by atoms with Crippen LogP contribution in [0, 0.1) is 5.92 Å². The van der Waals surface area contributed by atoms with Crippen LogP contribution in [0.1, 0.15) is 56.8 Å². The second-order valence-corrected chi connectivity index (χ2v) is 6.00. The van der Waals surface area contributed by atoms with Gasteiger partial charge in [-0.05, 0) is 38.8 Å². The van der Waals surface area contributed by atoms with Crippen LogP contribution in [0.3, 0.4) is 0 Å². The zero-order valence-electron chi connectivity index (χ0n) is 12.5. The van der Waals surface area contributed by atoms with Crippen molar-refractivity contribution in [3.8, 4) is 0 Å². The first-order valence-corrected chi connectivity index (χ1v) is 6.52. The molecule has 112 valence electrons. The summed E-state index contributed by atoms with van der Waals surface area (Å²) in [7, 11) is 0. The van der Waals surface area contributed by atoms with Gasteiger partial charge in [0, 0.05) is 5.69 Å². The smallest absolute Gasteiger partial charge is 0.408 e. The predicted octanol–water partition coefficient (Wildman–Crippen LogP) is 2.93. The summed E-state index contributed by atoms with van der Waals surface area (Å²) in [5.41, 5.74) is 0.160. The first-order valence-electron chi connectivity index (χ1n) is 6.52. The molecule has 20 heavy (non-hydrogen) atoms. The van der Waals surface area contributed by atoms with Gasteiger partial charge in [0.15, 0.2) is 0 Å². The number of alkyl carbamates (subject to hydrolysis) is 1. The highest BCUT2D eigenvalue weighted by molar-refractivity contribution is 5.85. The molecular weight excluding hydrogens is 260 g/mol. The van der Waals surface area contributed by atoms with Crippen LogP contribution in [0.25, 0.3) is 0 Å². The number of nitrogens with one attached hydrogen (secondary N) is 2. The summed E-state index contributed by atoms with van der Waals surface area (Å²) in [4.78, 5) is 25.5. The first kappa shape index (κ1) is 16.1. The lowest BCUT2D eigenvalue weighted by Crippen LogP contribution is -2.37.